The third-order valence-electron chi connectivity index (χ3n) is 2.83. The van der Waals surface area contributed by atoms with Gasteiger partial charge in [0.1, 0.15) is 11.5 Å². The van der Waals surface area contributed by atoms with E-state index in [0.717, 1.165) is 11.4 Å². The maximum absolute atomic E-state index is 12.0. The highest BCUT2D eigenvalue weighted by molar-refractivity contribution is 6.13. The number of carbonyl (C=O) groups is 1. The lowest BCUT2D eigenvalue weighted by Gasteiger charge is -2.11. The number of benzene rings is 1. The molecule has 3 heteroatoms. The lowest BCUT2D eigenvalue weighted by molar-refractivity contribution is -0.122. The molecule has 17 heavy (non-hydrogen) atoms. The van der Waals surface area contributed by atoms with Gasteiger partial charge in [0.15, 0.2) is 0 Å². The molecule has 1 aliphatic rings. The van der Waals surface area contributed by atoms with Gasteiger partial charge in [-0.3, -0.25) is 9.69 Å². The Bertz CT molecular complexity index is 497. The van der Waals surface area contributed by atoms with Crippen LogP contribution in [0.5, 0.6) is 0 Å². The Morgan fingerprint density at radius 2 is 1.88 bits per heavy atom. The van der Waals surface area contributed by atoms with Gasteiger partial charge in [-0.05, 0) is 32.4 Å². The lowest BCUT2D eigenvalue weighted by Crippen LogP contribution is -2.29. The predicted molar refractivity (Wildman–Crippen MR) is 69.7 cm³/mol. The number of hydrogen-bond acceptors (Lipinski definition) is 2. The molecule has 0 spiro atoms. The quantitative estimate of drug-likeness (QED) is 0.716. The Morgan fingerprint density at radius 1 is 1.24 bits per heavy atom. The van der Waals surface area contributed by atoms with E-state index in [2.05, 4.69) is 4.99 Å². The Labute approximate surface area is 101 Å². The van der Waals surface area contributed by atoms with Crippen molar-refractivity contribution in [1.82, 2.24) is 4.90 Å². The minimum absolute atomic E-state index is 0.00873. The Balaban J connectivity index is 2.30. The molecule has 0 saturated heterocycles. The van der Waals surface area contributed by atoms with Crippen LogP contribution in [0.1, 0.15) is 25.0 Å². The molecule has 3 nitrogen and oxygen atoms in total. The van der Waals surface area contributed by atoms with Gasteiger partial charge < -0.3 is 0 Å². The van der Waals surface area contributed by atoms with E-state index >= 15 is 0 Å². The molecule has 0 N–H and O–H groups in total. The number of amidine groups is 1. The third kappa shape index (κ3) is 2.28. The highest BCUT2D eigenvalue weighted by Crippen LogP contribution is 2.18. The summed E-state index contributed by atoms with van der Waals surface area (Å²) < 4.78 is 0. The van der Waals surface area contributed by atoms with E-state index in [1.54, 1.807) is 4.90 Å². The predicted octanol–water partition coefficient (Wildman–Crippen LogP) is 2.62. The van der Waals surface area contributed by atoms with Crippen LogP contribution in [-0.4, -0.2) is 23.2 Å². The van der Waals surface area contributed by atoms with Crippen LogP contribution in [0.2, 0.25) is 0 Å². The summed E-state index contributed by atoms with van der Waals surface area (Å²) in [6.45, 7) is 6.52. The van der Waals surface area contributed by atoms with Crippen molar-refractivity contribution >= 4 is 17.8 Å². The van der Waals surface area contributed by atoms with E-state index in [0.29, 0.717) is 12.2 Å². The molecule has 1 aliphatic heterocycles. The van der Waals surface area contributed by atoms with E-state index in [1.807, 2.05) is 51.1 Å². The minimum atomic E-state index is -0.00873. The van der Waals surface area contributed by atoms with Crippen molar-refractivity contribution in [3.63, 3.8) is 0 Å². The molecular weight excluding hydrogens is 212 g/mol. The van der Waals surface area contributed by atoms with Crippen molar-refractivity contribution in [3.8, 4) is 0 Å². The zero-order valence-electron chi connectivity index (χ0n) is 10.4. The molecule has 1 aromatic rings. The first kappa shape index (κ1) is 11.6. The van der Waals surface area contributed by atoms with E-state index in [1.165, 1.54) is 5.56 Å². The summed E-state index contributed by atoms with van der Waals surface area (Å²) >= 11 is 0. The molecule has 88 valence electrons. The van der Waals surface area contributed by atoms with Crippen molar-refractivity contribution in [3.05, 3.63) is 41.1 Å². The molecule has 0 aromatic heterocycles. The van der Waals surface area contributed by atoms with Gasteiger partial charge in [0.2, 0.25) is 0 Å². The topological polar surface area (TPSA) is 32.7 Å². The zero-order chi connectivity index (χ0) is 12.4. The van der Waals surface area contributed by atoms with Crippen molar-refractivity contribution in [2.75, 3.05) is 6.54 Å². The highest BCUT2D eigenvalue weighted by atomic mass is 16.2. The number of likely N-dealkylation sites (N-methyl/N-ethyl adjacent to an activating group) is 1. The van der Waals surface area contributed by atoms with Gasteiger partial charge in [-0.2, -0.15) is 0 Å². The fraction of sp³-hybridized carbons (Fsp3) is 0.286. The summed E-state index contributed by atoms with van der Waals surface area (Å²) in [7, 11) is 0. The largest absolute Gasteiger partial charge is 0.295 e. The van der Waals surface area contributed by atoms with Crippen LogP contribution in [0.4, 0.5) is 0 Å². The first-order valence-electron chi connectivity index (χ1n) is 5.77. The van der Waals surface area contributed by atoms with Gasteiger partial charge in [-0.15, -0.1) is 0 Å². The highest BCUT2D eigenvalue weighted by Gasteiger charge is 2.25. The van der Waals surface area contributed by atoms with Gasteiger partial charge in [-0.25, -0.2) is 4.99 Å². The average molecular weight is 228 g/mol. The van der Waals surface area contributed by atoms with Gasteiger partial charge >= 0.3 is 0 Å². The van der Waals surface area contributed by atoms with Crippen LogP contribution in [0.25, 0.3) is 6.08 Å². The van der Waals surface area contributed by atoms with Gasteiger partial charge in [0.05, 0.1) is 0 Å². The second-order valence-corrected chi connectivity index (χ2v) is 4.15. The number of nitrogens with zero attached hydrogens (tertiary/aromatic N) is 2. The Morgan fingerprint density at radius 3 is 2.41 bits per heavy atom. The van der Waals surface area contributed by atoms with Crippen molar-refractivity contribution < 1.29 is 4.79 Å². The molecule has 2 rings (SSSR count). The monoisotopic (exact) mass is 228 g/mol. The normalized spacial score (nSPS) is 17.8. The first-order chi connectivity index (χ1) is 8.11. The number of aryl methyl sites for hydroxylation is 1. The van der Waals surface area contributed by atoms with E-state index in [-0.39, 0.29) is 5.91 Å². The lowest BCUT2D eigenvalue weighted by atomic mass is 10.1. The van der Waals surface area contributed by atoms with Gasteiger partial charge in [0, 0.05) is 6.54 Å². The molecule has 1 aromatic carbocycles. The van der Waals surface area contributed by atoms with Crippen LogP contribution in [0.15, 0.2) is 35.0 Å². The number of aliphatic imine (C=N–C) groups is 1. The van der Waals surface area contributed by atoms with Crippen LogP contribution in [-0.2, 0) is 4.79 Å². The molecule has 0 unspecified atom stereocenters. The molecule has 0 aliphatic carbocycles. The number of hydrogen-bond donors (Lipinski definition) is 0. The van der Waals surface area contributed by atoms with Crippen LogP contribution in [0.3, 0.4) is 0 Å². The maximum atomic E-state index is 12.0. The third-order valence-corrected chi connectivity index (χ3v) is 2.83. The summed E-state index contributed by atoms with van der Waals surface area (Å²) in [4.78, 5) is 17.9. The van der Waals surface area contributed by atoms with Crippen LogP contribution < -0.4 is 0 Å². The second kappa shape index (κ2) is 4.53. The summed E-state index contributed by atoms with van der Waals surface area (Å²) in [6, 6.07) is 8.05. The summed E-state index contributed by atoms with van der Waals surface area (Å²) in [5.74, 6) is 0.765. The number of carbonyl (C=O) groups excluding carboxylic acids is 1. The fourth-order valence-corrected chi connectivity index (χ4v) is 1.85. The summed E-state index contributed by atoms with van der Waals surface area (Å²) in [5.41, 5.74) is 2.74. The Kier molecular flexibility index (Phi) is 3.09. The average Bonchev–Trinajstić information content (AvgIpc) is 2.57. The fourth-order valence-electron chi connectivity index (χ4n) is 1.85. The van der Waals surface area contributed by atoms with E-state index in [9.17, 15) is 4.79 Å². The standard InChI is InChI=1S/C14H16N2O/c1-4-16-11(3)15-13(14(16)17)9-12-7-5-10(2)6-8-12/h5-9H,4H2,1-3H3/b13-9+. The molecule has 0 bridgehead atoms. The van der Waals surface area contributed by atoms with E-state index in [4.69, 9.17) is 0 Å². The number of rotatable bonds is 2. The maximum Gasteiger partial charge on any atom is 0.277 e. The molecule has 1 amide bonds. The van der Waals surface area contributed by atoms with Gasteiger partial charge in [0.25, 0.3) is 5.91 Å². The van der Waals surface area contributed by atoms with Crippen molar-refractivity contribution in [1.29, 1.82) is 0 Å². The second-order valence-electron chi connectivity index (χ2n) is 4.15. The summed E-state index contributed by atoms with van der Waals surface area (Å²) in [5, 5.41) is 0. The van der Waals surface area contributed by atoms with Gasteiger partial charge in [-0.1, -0.05) is 29.8 Å². The van der Waals surface area contributed by atoms with Crippen LogP contribution >= 0.6 is 0 Å². The molecule has 0 atom stereocenters. The molecule has 0 radical (unpaired) electrons. The van der Waals surface area contributed by atoms with Crippen molar-refractivity contribution in [2.45, 2.75) is 20.8 Å². The minimum Gasteiger partial charge on any atom is -0.295 e. The zero-order valence-corrected chi connectivity index (χ0v) is 10.4. The summed E-state index contributed by atoms with van der Waals surface area (Å²) in [6.07, 6.45) is 1.83. The van der Waals surface area contributed by atoms with Crippen LogP contribution in [0, 0.1) is 6.92 Å². The molecule has 0 saturated carbocycles. The van der Waals surface area contributed by atoms with Crippen molar-refractivity contribution in [2.24, 2.45) is 4.99 Å². The van der Waals surface area contributed by atoms with E-state index < -0.39 is 0 Å². The molecule has 0 fully saturated rings. The first-order valence-corrected chi connectivity index (χ1v) is 5.77. The molecule has 1 heterocycles. The number of amides is 1. The SMILES string of the molecule is CCN1C(=O)/C(=C\c2ccc(C)cc2)N=C1C. The molecular formula is C14H16N2O. The Hall–Kier alpha value is -1.90. The smallest absolute Gasteiger partial charge is 0.277 e.